The summed E-state index contributed by atoms with van der Waals surface area (Å²) in [7, 11) is 0. The van der Waals surface area contributed by atoms with Gasteiger partial charge in [0.25, 0.3) is 0 Å². The molecule has 0 radical (unpaired) electrons. The lowest BCUT2D eigenvalue weighted by molar-refractivity contribution is 0.220. The van der Waals surface area contributed by atoms with Crippen molar-refractivity contribution < 1.29 is 5.11 Å². The van der Waals surface area contributed by atoms with E-state index in [4.69, 9.17) is 0 Å². The summed E-state index contributed by atoms with van der Waals surface area (Å²) in [6.07, 6.45) is 0.476. The normalized spacial score (nSPS) is 12.7. The fourth-order valence-corrected chi connectivity index (χ4v) is 2.41. The Morgan fingerprint density at radius 3 is 2.73 bits per heavy atom. The Hall–Kier alpha value is -1.12. The van der Waals surface area contributed by atoms with Crippen LogP contribution in [0.1, 0.15) is 29.7 Å². The fourth-order valence-electron chi connectivity index (χ4n) is 1.73. The summed E-state index contributed by atoms with van der Waals surface area (Å²) in [5, 5.41) is 14.2. The maximum Gasteiger partial charge on any atom is 0.105 e. The Labute approximate surface area is 94.0 Å². The predicted molar refractivity (Wildman–Crippen MR) is 64.2 cm³/mol. The second-order valence-electron chi connectivity index (χ2n) is 3.51. The van der Waals surface area contributed by atoms with Gasteiger partial charge in [0.15, 0.2) is 0 Å². The fraction of sp³-hybridized carbons (Fsp3) is 0.231. The first kappa shape index (κ1) is 10.4. The number of hydrogen-bond donors (Lipinski definition) is 1. The van der Waals surface area contributed by atoms with Gasteiger partial charge in [0.1, 0.15) is 6.10 Å². The Bertz CT molecular complexity index is 420. The van der Waals surface area contributed by atoms with E-state index in [1.165, 1.54) is 5.56 Å². The first-order chi connectivity index (χ1) is 7.33. The molecule has 0 aliphatic heterocycles. The molecule has 0 aliphatic carbocycles. The molecular formula is C13H14OS. The summed E-state index contributed by atoms with van der Waals surface area (Å²) < 4.78 is 0. The van der Waals surface area contributed by atoms with Gasteiger partial charge >= 0.3 is 0 Å². The standard InChI is InChI=1S/C13H14OS/c1-2-10-5-3-4-6-12(10)13(14)11-7-8-15-9-11/h3-9,13-14H,2H2,1H3/t13-/m0/s1. The third kappa shape index (κ3) is 2.11. The van der Waals surface area contributed by atoms with Crippen LogP contribution < -0.4 is 0 Å². The SMILES string of the molecule is CCc1ccccc1[C@@H](O)c1ccsc1. The van der Waals surface area contributed by atoms with Crippen molar-refractivity contribution in [2.24, 2.45) is 0 Å². The molecule has 0 aliphatic rings. The van der Waals surface area contributed by atoms with Crippen LogP contribution in [0.3, 0.4) is 0 Å². The maximum atomic E-state index is 10.2. The topological polar surface area (TPSA) is 20.2 Å². The van der Waals surface area contributed by atoms with Crippen molar-refractivity contribution in [3.05, 3.63) is 57.8 Å². The highest BCUT2D eigenvalue weighted by molar-refractivity contribution is 7.07. The van der Waals surface area contributed by atoms with Crippen LogP contribution in [0.4, 0.5) is 0 Å². The monoisotopic (exact) mass is 218 g/mol. The van der Waals surface area contributed by atoms with Gasteiger partial charge < -0.3 is 5.11 Å². The summed E-state index contributed by atoms with van der Waals surface area (Å²) in [6.45, 7) is 2.11. The molecule has 0 saturated carbocycles. The molecule has 1 N–H and O–H groups in total. The van der Waals surface area contributed by atoms with Crippen LogP contribution in [0.25, 0.3) is 0 Å². The van der Waals surface area contributed by atoms with E-state index >= 15 is 0 Å². The number of hydrogen-bond acceptors (Lipinski definition) is 2. The van der Waals surface area contributed by atoms with E-state index in [0.29, 0.717) is 0 Å². The third-order valence-corrected chi connectivity index (χ3v) is 3.29. The highest BCUT2D eigenvalue weighted by atomic mass is 32.1. The summed E-state index contributed by atoms with van der Waals surface area (Å²) in [5.41, 5.74) is 3.23. The van der Waals surface area contributed by atoms with Gasteiger partial charge in [0.2, 0.25) is 0 Å². The molecule has 1 aromatic heterocycles. The maximum absolute atomic E-state index is 10.2. The minimum atomic E-state index is -0.479. The summed E-state index contributed by atoms with van der Waals surface area (Å²) in [5.74, 6) is 0. The number of rotatable bonds is 3. The molecule has 78 valence electrons. The smallest absolute Gasteiger partial charge is 0.105 e. The van der Waals surface area contributed by atoms with Gasteiger partial charge in [-0.05, 0) is 39.9 Å². The molecule has 15 heavy (non-hydrogen) atoms. The van der Waals surface area contributed by atoms with Crippen LogP contribution >= 0.6 is 11.3 Å². The molecule has 1 atom stereocenters. The van der Waals surface area contributed by atoms with Crippen LogP contribution in [0.15, 0.2) is 41.1 Å². The first-order valence-electron chi connectivity index (χ1n) is 5.11. The highest BCUT2D eigenvalue weighted by Crippen LogP contribution is 2.26. The van der Waals surface area contributed by atoms with Crippen LogP contribution in [0.2, 0.25) is 0 Å². The van der Waals surface area contributed by atoms with Crippen molar-refractivity contribution in [1.29, 1.82) is 0 Å². The van der Waals surface area contributed by atoms with Crippen molar-refractivity contribution in [2.75, 3.05) is 0 Å². The van der Waals surface area contributed by atoms with E-state index in [2.05, 4.69) is 13.0 Å². The molecule has 1 nitrogen and oxygen atoms in total. The Balaban J connectivity index is 2.37. The second-order valence-corrected chi connectivity index (χ2v) is 4.29. The van der Waals surface area contributed by atoms with Crippen LogP contribution in [-0.2, 0) is 6.42 Å². The number of aliphatic hydroxyl groups is 1. The number of aryl methyl sites for hydroxylation is 1. The van der Waals surface area contributed by atoms with Crippen molar-refractivity contribution in [1.82, 2.24) is 0 Å². The van der Waals surface area contributed by atoms with E-state index in [9.17, 15) is 5.11 Å². The lowest BCUT2D eigenvalue weighted by Gasteiger charge is -2.13. The first-order valence-corrected chi connectivity index (χ1v) is 6.05. The van der Waals surface area contributed by atoms with Crippen LogP contribution in [0, 0.1) is 0 Å². The molecule has 0 amide bonds. The van der Waals surface area contributed by atoms with Gasteiger partial charge in [-0.15, -0.1) is 0 Å². The number of thiophene rings is 1. The van der Waals surface area contributed by atoms with E-state index in [1.54, 1.807) is 11.3 Å². The van der Waals surface area contributed by atoms with Gasteiger partial charge in [-0.1, -0.05) is 31.2 Å². The molecule has 2 aromatic rings. The Morgan fingerprint density at radius 2 is 2.07 bits per heavy atom. The molecule has 0 bridgehead atoms. The predicted octanol–water partition coefficient (Wildman–Crippen LogP) is 3.39. The molecule has 2 rings (SSSR count). The van der Waals surface area contributed by atoms with Crippen LogP contribution in [0.5, 0.6) is 0 Å². The number of aliphatic hydroxyl groups excluding tert-OH is 1. The third-order valence-electron chi connectivity index (χ3n) is 2.59. The zero-order valence-corrected chi connectivity index (χ0v) is 9.50. The summed E-state index contributed by atoms with van der Waals surface area (Å²) >= 11 is 1.62. The van der Waals surface area contributed by atoms with Gasteiger partial charge in [0, 0.05) is 0 Å². The van der Waals surface area contributed by atoms with E-state index in [-0.39, 0.29) is 0 Å². The Morgan fingerprint density at radius 1 is 1.27 bits per heavy atom. The molecule has 0 unspecified atom stereocenters. The van der Waals surface area contributed by atoms with E-state index < -0.39 is 6.10 Å². The zero-order valence-electron chi connectivity index (χ0n) is 8.68. The summed E-state index contributed by atoms with van der Waals surface area (Å²) in [4.78, 5) is 0. The van der Waals surface area contributed by atoms with Crippen molar-refractivity contribution in [3.63, 3.8) is 0 Å². The van der Waals surface area contributed by atoms with Gasteiger partial charge in [-0.25, -0.2) is 0 Å². The second kappa shape index (κ2) is 4.60. The minimum Gasteiger partial charge on any atom is -0.384 e. The Kier molecular flexibility index (Phi) is 3.19. The van der Waals surface area contributed by atoms with Crippen molar-refractivity contribution in [3.8, 4) is 0 Å². The minimum absolute atomic E-state index is 0.479. The van der Waals surface area contributed by atoms with E-state index in [1.807, 2.05) is 35.0 Å². The average Bonchev–Trinajstić information content (AvgIpc) is 2.81. The quantitative estimate of drug-likeness (QED) is 0.837. The highest BCUT2D eigenvalue weighted by Gasteiger charge is 2.13. The lowest BCUT2D eigenvalue weighted by Crippen LogP contribution is -2.01. The van der Waals surface area contributed by atoms with Crippen molar-refractivity contribution in [2.45, 2.75) is 19.4 Å². The van der Waals surface area contributed by atoms with Gasteiger partial charge in [-0.2, -0.15) is 11.3 Å². The molecule has 2 heteroatoms. The van der Waals surface area contributed by atoms with Crippen molar-refractivity contribution >= 4 is 11.3 Å². The zero-order chi connectivity index (χ0) is 10.7. The molecule has 0 fully saturated rings. The molecule has 0 saturated heterocycles. The molecule has 1 aromatic carbocycles. The number of benzene rings is 1. The van der Waals surface area contributed by atoms with Gasteiger partial charge in [-0.3, -0.25) is 0 Å². The molecule has 0 spiro atoms. The lowest BCUT2D eigenvalue weighted by atomic mass is 9.97. The molecule has 1 heterocycles. The van der Waals surface area contributed by atoms with Gasteiger partial charge in [0.05, 0.1) is 0 Å². The largest absolute Gasteiger partial charge is 0.384 e. The summed E-state index contributed by atoms with van der Waals surface area (Å²) in [6, 6.07) is 10.0. The van der Waals surface area contributed by atoms with Crippen LogP contribution in [-0.4, -0.2) is 5.11 Å². The average molecular weight is 218 g/mol. The van der Waals surface area contributed by atoms with E-state index in [0.717, 1.165) is 17.5 Å². The molecular weight excluding hydrogens is 204 g/mol.